The minimum Gasteiger partial charge on any atom is -0.396 e. The number of allylic oxidation sites excluding steroid dienone is 1. The van der Waals surface area contributed by atoms with Crippen molar-refractivity contribution in [3.8, 4) is 0 Å². The van der Waals surface area contributed by atoms with Gasteiger partial charge in [0.1, 0.15) is 0 Å². The van der Waals surface area contributed by atoms with Gasteiger partial charge in [-0.1, -0.05) is 26.0 Å². The van der Waals surface area contributed by atoms with Gasteiger partial charge in [-0.3, -0.25) is 0 Å². The van der Waals surface area contributed by atoms with E-state index in [2.05, 4.69) is 20.4 Å². The van der Waals surface area contributed by atoms with Crippen LogP contribution in [0, 0.1) is 28.6 Å². The molecule has 2 bridgehead atoms. The summed E-state index contributed by atoms with van der Waals surface area (Å²) in [6, 6.07) is 0. The van der Waals surface area contributed by atoms with Crippen LogP contribution in [0.4, 0.5) is 0 Å². The SMILES string of the molecule is C=C1[C@H]2CC[C@H](CO)[C@@]23CC[C@H](C3)C1(C)C. The summed E-state index contributed by atoms with van der Waals surface area (Å²) in [5.74, 6) is 2.09. The van der Waals surface area contributed by atoms with Gasteiger partial charge in [0.15, 0.2) is 0 Å². The maximum Gasteiger partial charge on any atom is 0.0464 e. The molecule has 3 rings (SSSR count). The van der Waals surface area contributed by atoms with Crippen molar-refractivity contribution in [1.82, 2.24) is 0 Å². The lowest BCUT2D eigenvalue weighted by Gasteiger charge is -2.49. The van der Waals surface area contributed by atoms with E-state index in [4.69, 9.17) is 0 Å². The summed E-state index contributed by atoms with van der Waals surface area (Å²) in [4.78, 5) is 0. The van der Waals surface area contributed by atoms with Crippen molar-refractivity contribution in [3.63, 3.8) is 0 Å². The van der Waals surface area contributed by atoms with Gasteiger partial charge in [-0.05, 0) is 60.7 Å². The van der Waals surface area contributed by atoms with Crippen LogP contribution < -0.4 is 0 Å². The molecule has 0 saturated heterocycles. The molecule has 3 aliphatic carbocycles. The second-order valence-corrected chi connectivity index (χ2v) is 6.93. The lowest BCUT2D eigenvalue weighted by atomic mass is 9.56. The Morgan fingerprint density at radius 2 is 2.06 bits per heavy atom. The molecular weight excluding hydrogens is 196 g/mol. The molecule has 0 radical (unpaired) electrons. The van der Waals surface area contributed by atoms with Crippen LogP contribution in [0.25, 0.3) is 0 Å². The van der Waals surface area contributed by atoms with E-state index in [1.165, 1.54) is 37.7 Å². The van der Waals surface area contributed by atoms with E-state index in [1.807, 2.05) is 0 Å². The van der Waals surface area contributed by atoms with Crippen LogP contribution >= 0.6 is 0 Å². The molecule has 0 aliphatic heterocycles. The molecule has 3 fully saturated rings. The second-order valence-electron chi connectivity index (χ2n) is 6.93. The molecule has 1 heteroatoms. The van der Waals surface area contributed by atoms with E-state index in [-0.39, 0.29) is 0 Å². The zero-order chi connectivity index (χ0) is 11.6. The number of aliphatic hydroxyl groups excluding tert-OH is 1. The van der Waals surface area contributed by atoms with Crippen LogP contribution in [-0.4, -0.2) is 11.7 Å². The summed E-state index contributed by atoms with van der Waals surface area (Å²) in [5.41, 5.74) is 2.29. The van der Waals surface area contributed by atoms with Crippen molar-refractivity contribution < 1.29 is 5.11 Å². The van der Waals surface area contributed by atoms with Gasteiger partial charge in [-0.15, -0.1) is 0 Å². The van der Waals surface area contributed by atoms with Gasteiger partial charge in [0.2, 0.25) is 0 Å². The first-order valence-corrected chi connectivity index (χ1v) is 6.82. The third-order valence-corrected chi connectivity index (χ3v) is 6.38. The molecule has 4 atom stereocenters. The predicted molar refractivity (Wildman–Crippen MR) is 66.0 cm³/mol. The van der Waals surface area contributed by atoms with E-state index in [1.54, 1.807) is 0 Å². The number of fused-ring (bicyclic) bond motifs is 1. The van der Waals surface area contributed by atoms with Gasteiger partial charge in [0.25, 0.3) is 0 Å². The molecule has 0 aromatic rings. The van der Waals surface area contributed by atoms with Gasteiger partial charge in [0, 0.05) is 6.61 Å². The molecule has 0 aromatic heterocycles. The van der Waals surface area contributed by atoms with Crippen LogP contribution in [0.2, 0.25) is 0 Å². The van der Waals surface area contributed by atoms with Crippen molar-refractivity contribution in [2.75, 3.05) is 6.61 Å². The fourth-order valence-electron chi connectivity index (χ4n) is 5.14. The van der Waals surface area contributed by atoms with Crippen LogP contribution in [0.1, 0.15) is 46.0 Å². The number of rotatable bonds is 1. The van der Waals surface area contributed by atoms with Gasteiger partial charge in [-0.2, -0.15) is 0 Å². The molecule has 1 N–H and O–H groups in total. The Balaban J connectivity index is 2.03. The summed E-state index contributed by atoms with van der Waals surface area (Å²) in [5, 5.41) is 9.61. The highest BCUT2D eigenvalue weighted by Gasteiger charge is 2.61. The standard InChI is InChI=1S/C15H24O/c1-10-13-5-4-12(9-16)15(13)7-6-11(8-15)14(10,2)3/h11-13,16H,1,4-9H2,2-3H3/t11-,12-,13-,15+/m1/s1. The van der Waals surface area contributed by atoms with Gasteiger partial charge >= 0.3 is 0 Å². The van der Waals surface area contributed by atoms with Gasteiger partial charge in [-0.25, -0.2) is 0 Å². The Hall–Kier alpha value is -0.300. The van der Waals surface area contributed by atoms with Gasteiger partial charge in [0.05, 0.1) is 0 Å². The van der Waals surface area contributed by atoms with Crippen LogP contribution in [0.3, 0.4) is 0 Å². The predicted octanol–water partition coefficient (Wildman–Crippen LogP) is 3.39. The van der Waals surface area contributed by atoms with Crippen LogP contribution in [0.15, 0.2) is 12.2 Å². The summed E-state index contributed by atoms with van der Waals surface area (Å²) < 4.78 is 0. The fraction of sp³-hybridized carbons (Fsp3) is 0.867. The number of hydrogen-bond acceptors (Lipinski definition) is 1. The highest BCUT2D eigenvalue weighted by atomic mass is 16.3. The van der Waals surface area contributed by atoms with Gasteiger partial charge < -0.3 is 5.11 Å². The Labute approximate surface area is 98.9 Å². The van der Waals surface area contributed by atoms with Crippen LogP contribution in [-0.2, 0) is 0 Å². The molecule has 1 spiro atoms. The monoisotopic (exact) mass is 220 g/mol. The average molecular weight is 220 g/mol. The van der Waals surface area contributed by atoms with E-state index in [0.29, 0.717) is 29.3 Å². The maximum atomic E-state index is 9.61. The van der Waals surface area contributed by atoms with E-state index < -0.39 is 0 Å². The number of hydrogen-bond donors (Lipinski definition) is 1. The molecule has 16 heavy (non-hydrogen) atoms. The number of aliphatic hydroxyl groups is 1. The quantitative estimate of drug-likeness (QED) is 0.672. The lowest BCUT2D eigenvalue weighted by Crippen LogP contribution is -2.41. The third kappa shape index (κ3) is 1.06. The lowest BCUT2D eigenvalue weighted by molar-refractivity contribution is 0.0515. The Morgan fingerprint density at radius 1 is 1.31 bits per heavy atom. The highest BCUT2D eigenvalue weighted by molar-refractivity contribution is 5.27. The van der Waals surface area contributed by atoms with Crippen molar-refractivity contribution in [1.29, 1.82) is 0 Å². The maximum absolute atomic E-state index is 9.61. The van der Waals surface area contributed by atoms with Crippen molar-refractivity contribution in [2.45, 2.75) is 46.0 Å². The average Bonchev–Trinajstić information content (AvgIpc) is 2.81. The first kappa shape index (κ1) is 10.8. The zero-order valence-corrected chi connectivity index (χ0v) is 10.6. The third-order valence-electron chi connectivity index (χ3n) is 6.38. The first-order chi connectivity index (χ1) is 7.52. The molecular formula is C15H24O. The second kappa shape index (κ2) is 3.13. The Bertz CT molecular complexity index is 330. The molecule has 3 saturated carbocycles. The highest BCUT2D eigenvalue weighted by Crippen LogP contribution is 2.69. The van der Waals surface area contributed by atoms with E-state index in [9.17, 15) is 5.11 Å². The largest absolute Gasteiger partial charge is 0.396 e. The summed E-state index contributed by atoms with van der Waals surface area (Å²) in [6.45, 7) is 9.61. The zero-order valence-electron chi connectivity index (χ0n) is 10.6. The molecule has 0 unspecified atom stereocenters. The fourth-order valence-corrected chi connectivity index (χ4v) is 5.14. The Kier molecular flexibility index (Phi) is 2.12. The van der Waals surface area contributed by atoms with Crippen LogP contribution in [0.5, 0.6) is 0 Å². The summed E-state index contributed by atoms with van der Waals surface area (Å²) in [6.07, 6.45) is 6.56. The smallest absolute Gasteiger partial charge is 0.0464 e. The molecule has 1 nitrogen and oxygen atoms in total. The first-order valence-electron chi connectivity index (χ1n) is 6.82. The molecule has 90 valence electrons. The Morgan fingerprint density at radius 3 is 2.75 bits per heavy atom. The van der Waals surface area contributed by atoms with E-state index in [0.717, 1.165) is 5.92 Å². The molecule has 0 aromatic carbocycles. The van der Waals surface area contributed by atoms with Crippen molar-refractivity contribution in [3.05, 3.63) is 12.2 Å². The van der Waals surface area contributed by atoms with E-state index >= 15 is 0 Å². The van der Waals surface area contributed by atoms with Crippen molar-refractivity contribution in [2.24, 2.45) is 28.6 Å². The summed E-state index contributed by atoms with van der Waals surface area (Å²) in [7, 11) is 0. The minimum absolute atomic E-state index is 0.342. The topological polar surface area (TPSA) is 20.2 Å². The molecule has 0 heterocycles. The molecule has 3 aliphatic rings. The normalized spacial score (nSPS) is 49.4. The molecule has 0 amide bonds. The summed E-state index contributed by atoms with van der Waals surface area (Å²) >= 11 is 0. The van der Waals surface area contributed by atoms with Crippen molar-refractivity contribution >= 4 is 0 Å². The minimum atomic E-state index is 0.342.